The van der Waals surface area contributed by atoms with Crippen LogP contribution in [-0.2, 0) is 0 Å². The highest BCUT2D eigenvalue weighted by Gasteiger charge is 2.33. The van der Waals surface area contributed by atoms with E-state index in [9.17, 15) is 9.59 Å². The van der Waals surface area contributed by atoms with Crippen molar-refractivity contribution in [1.29, 1.82) is 0 Å². The molecule has 27 heavy (non-hydrogen) atoms. The zero-order valence-corrected chi connectivity index (χ0v) is 16.1. The first-order valence-electron chi connectivity index (χ1n) is 8.52. The number of hydrogen-bond donors (Lipinski definition) is 0. The Hall–Kier alpha value is -2.56. The first-order chi connectivity index (χ1) is 13.2. The Morgan fingerprint density at radius 3 is 1.96 bits per heavy atom. The highest BCUT2D eigenvalue weighted by Crippen LogP contribution is 2.39. The van der Waals surface area contributed by atoms with Gasteiger partial charge >= 0.3 is 0 Å². The summed E-state index contributed by atoms with van der Waals surface area (Å²) in [7, 11) is 0. The van der Waals surface area contributed by atoms with E-state index in [2.05, 4.69) is 6.58 Å². The minimum atomic E-state index is -0.0836. The number of thioether (sulfide) groups is 1. The summed E-state index contributed by atoms with van der Waals surface area (Å²) in [6, 6.07) is 20.9. The molecule has 4 rings (SSSR count). The van der Waals surface area contributed by atoms with Gasteiger partial charge in [-0.05, 0) is 24.3 Å². The van der Waals surface area contributed by atoms with Crippen LogP contribution in [0.3, 0.4) is 0 Å². The van der Waals surface area contributed by atoms with Gasteiger partial charge in [-0.25, -0.2) is 0 Å². The Morgan fingerprint density at radius 2 is 1.33 bits per heavy atom. The zero-order chi connectivity index (χ0) is 18.8. The summed E-state index contributed by atoms with van der Waals surface area (Å²) in [4.78, 5) is 29.2. The van der Waals surface area contributed by atoms with Gasteiger partial charge in [0.25, 0.3) is 0 Å². The maximum Gasteiger partial charge on any atom is 0.195 e. The van der Waals surface area contributed by atoms with Crippen LogP contribution in [0.5, 0.6) is 0 Å². The highest BCUT2D eigenvalue weighted by molar-refractivity contribution is 7.99. The van der Waals surface area contributed by atoms with Gasteiger partial charge in [-0.15, -0.1) is 18.3 Å². The first kappa shape index (κ1) is 17.8. The van der Waals surface area contributed by atoms with Crippen LogP contribution in [0, 0.1) is 0 Å². The van der Waals surface area contributed by atoms with Crippen molar-refractivity contribution in [3.05, 3.63) is 102 Å². The van der Waals surface area contributed by atoms with E-state index in [1.54, 1.807) is 18.2 Å². The molecule has 0 heterocycles. The van der Waals surface area contributed by atoms with E-state index in [-0.39, 0.29) is 11.6 Å². The van der Waals surface area contributed by atoms with Gasteiger partial charge in [-0.2, -0.15) is 0 Å². The molecule has 3 aromatic rings. The van der Waals surface area contributed by atoms with Gasteiger partial charge in [0.15, 0.2) is 11.6 Å². The minimum Gasteiger partial charge on any atom is -0.289 e. The predicted molar refractivity (Wildman–Crippen MR) is 111 cm³/mol. The van der Waals surface area contributed by atoms with Crippen LogP contribution in [0.25, 0.3) is 0 Å². The summed E-state index contributed by atoms with van der Waals surface area (Å²) >= 11 is 3.04. The number of hydrogen-bond acceptors (Lipinski definition) is 4. The number of rotatable bonds is 5. The lowest BCUT2D eigenvalue weighted by Gasteiger charge is -2.21. The van der Waals surface area contributed by atoms with Gasteiger partial charge in [0.05, 0.1) is 0 Å². The van der Waals surface area contributed by atoms with Gasteiger partial charge in [0.2, 0.25) is 0 Å². The summed E-state index contributed by atoms with van der Waals surface area (Å²) < 4.78 is 0. The van der Waals surface area contributed by atoms with E-state index >= 15 is 0 Å². The van der Waals surface area contributed by atoms with Crippen molar-refractivity contribution in [3.8, 4) is 0 Å². The smallest absolute Gasteiger partial charge is 0.195 e. The largest absolute Gasteiger partial charge is 0.289 e. The monoisotopic (exact) mass is 388 g/mol. The van der Waals surface area contributed by atoms with Crippen molar-refractivity contribution in [2.24, 2.45) is 0 Å². The molecule has 0 unspecified atom stereocenters. The van der Waals surface area contributed by atoms with Crippen molar-refractivity contribution < 1.29 is 9.59 Å². The van der Waals surface area contributed by atoms with E-state index in [1.165, 1.54) is 23.5 Å². The van der Waals surface area contributed by atoms with Gasteiger partial charge in [-0.3, -0.25) is 9.59 Å². The topological polar surface area (TPSA) is 34.1 Å². The van der Waals surface area contributed by atoms with E-state index in [0.29, 0.717) is 28.0 Å². The molecular weight excluding hydrogens is 372 g/mol. The van der Waals surface area contributed by atoms with Crippen molar-refractivity contribution in [2.45, 2.75) is 14.7 Å². The number of fused-ring (bicyclic) bond motifs is 2. The molecule has 0 saturated carbocycles. The normalized spacial score (nSPS) is 12.4. The molecule has 0 saturated heterocycles. The molecule has 132 valence electrons. The summed E-state index contributed by atoms with van der Waals surface area (Å²) in [6.07, 6.45) is 1.79. The van der Waals surface area contributed by atoms with Crippen molar-refractivity contribution in [3.63, 3.8) is 0 Å². The summed E-state index contributed by atoms with van der Waals surface area (Å²) in [5.74, 6) is 0.524. The van der Waals surface area contributed by atoms with E-state index in [4.69, 9.17) is 0 Å². The molecule has 0 atom stereocenters. The second-order valence-electron chi connectivity index (χ2n) is 6.03. The maximum absolute atomic E-state index is 13.3. The first-order valence-corrected chi connectivity index (χ1v) is 10.3. The molecule has 2 nitrogen and oxygen atoms in total. The third kappa shape index (κ3) is 3.27. The van der Waals surface area contributed by atoms with Gasteiger partial charge in [0.1, 0.15) is 0 Å². The molecule has 0 aliphatic heterocycles. The zero-order valence-electron chi connectivity index (χ0n) is 14.5. The van der Waals surface area contributed by atoms with Gasteiger partial charge in [0, 0.05) is 42.7 Å². The number of carbonyl (C=O) groups is 2. The fraction of sp³-hybridized carbons (Fsp3) is 0.0435. The maximum atomic E-state index is 13.3. The van der Waals surface area contributed by atoms with Crippen LogP contribution in [0.15, 0.2) is 94.1 Å². The number of benzene rings is 3. The second kappa shape index (κ2) is 7.59. The molecule has 4 heteroatoms. The van der Waals surface area contributed by atoms with Crippen molar-refractivity contribution in [1.82, 2.24) is 0 Å². The Balaban J connectivity index is 1.82. The molecule has 0 bridgehead atoms. The number of ketones is 2. The minimum absolute atomic E-state index is 0.0812. The fourth-order valence-corrected chi connectivity index (χ4v) is 4.97. The standard InChI is InChI=1S/C23H16O2S2/c1-2-14-26-18-12-6-10-16-20(18)22(24)17-11-7-13-19(21(17)23(16)25)27-15-8-4-3-5-9-15/h2-13H,1,14H2. The second-order valence-corrected chi connectivity index (χ2v) is 8.21. The molecule has 1 aliphatic rings. The molecule has 0 fully saturated rings. The van der Waals surface area contributed by atoms with Crippen LogP contribution in [0.2, 0.25) is 0 Å². The average Bonchev–Trinajstić information content (AvgIpc) is 2.71. The Labute approximate surface area is 166 Å². The lowest BCUT2D eigenvalue weighted by molar-refractivity contribution is 0.0974. The Bertz CT molecular complexity index is 1060. The molecule has 0 amide bonds. The van der Waals surface area contributed by atoms with Crippen molar-refractivity contribution in [2.75, 3.05) is 5.75 Å². The lowest BCUT2D eigenvalue weighted by atomic mass is 9.84. The van der Waals surface area contributed by atoms with Crippen LogP contribution in [0.4, 0.5) is 0 Å². The van der Waals surface area contributed by atoms with E-state index in [0.717, 1.165) is 14.7 Å². The molecule has 0 spiro atoms. The quantitative estimate of drug-likeness (QED) is 0.315. The molecule has 0 N–H and O–H groups in total. The van der Waals surface area contributed by atoms with Crippen LogP contribution >= 0.6 is 23.5 Å². The van der Waals surface area contributed by atoms with Gasteiger partial charge in [-0.1, -0.05) is 60.3 Å². The molecule has 0 radical (unpaired) electrons. The van der Waals surface area contributed by atoms with Crippen LogP contribution in [-0.4, -0.2) is 17.3 Å². The third-order valence-electron chi connectivity index (χ3n) is 4.32. The molecular formula is C23H16O2S2. The molecule has 0 aromatic heterocycles. The highest BCUT2D eigenvalue weighted by atomic mass is 32.2. The summed E-state index contributed by atoms with van der Waals surface area (Å²) in [5.41, 5.74) is 2.00. The van der Waals surface area contributed by atoms with Crippen LogP contribution < -0.4 is 0 Å². The average molecular weight is 389 g/mol. The predicted octanol–water partition coefficient (Wildman–Crippen LogP) is 5.89. The Morgan fingerprint density at radius 1 is 0.741 bits per heavy atom. The SMILES string of the molecule is C=CCSc1cccc2c1C(=O)c1cccc(Sc3ccccc3)c1C2=O. The third-order valence-corrected chi connectivity index (χ3v) is 6.45. The van der Waals surface area contributed by atoms with E-state index in [1.807, 2.05) is 54.6 Å². The summed E-state index contributed by atoms with van der Waals surface area (Å²) in [6.45, 7) is 3.73. The van der Waals surface area contributed by atoms with Crippen molar-refractivity contribution >= 4 is 35.1 Å². The molecule has 1 aliphatic carbocycles. The van der Waals surface area contributed by atoms with Crippen LogP contribution in [0.1, 0.15) is 31.8 Å². The summed E-state index contributed by atoms with van der Waals surface area (Å²) in [5, 5.41) is 0. The van der Waals surface area contributed by atoms with E-state index < -0.39 is 0 Å². The molecule has 3 aromatic carbocycles. The lowest BCUT2D eigenvalue weighted by Crippen LogP contribution is -2.22. The fourth-order valence-electron chi connectivity index (χ4n) is 3.15. The number of carbonyl (C=O) groups excluding carboxylic acids is 2. The van der Waals surface area contributed by atoms with Gasteiger partial charge < -0.3 is 0 Å². The Kier molecular flexibility index (Phi) is 5.01.